The third kappa shape index (κ3) is 1.99. The van der Waals surface area contributed by atoms with Crippen molar-refractivity contribution in [1.29, 1.82) is 0 Å². The summed E-state index contributed by atoms with van der Waals surface area (Å²) in [7, 11) is 0. The molecule has 90 valence electrons. The van der Waals surface area contributed by atoms with Crippen molar-refractivity contribution in [2.45, 2.75) is 19.4 Å². The fourth-order valence-electron chi connectivity index (χ4n) is 1.61. The Kier molecular flexibility index (Phi) is 3.06. The predicted octanol–water partition coefficient (Wildman–Crippen LogP) is 1.11. The average molecular weight is 236 g/mol. The zero-order valence-corrected chi connectivity index (χ0v) is 9.35. The number of rotatable bonds is 3. The molecule has 0 fully saturated rings. The van der Waals surface area contributed by atoms with E-state index in [1.54, 1.807) is 12.1 Å². The van der Waals surface area contributed by atoms with Crippen LogP contribution in [-0.2, 0) is 0 Å². The Balaban J connectivity index is 2.63. The highest BCUT2D eigenvalue weighted by molar-refractivity contribution is 5.34. The van der Waals surface area contributed by atoms with Crippen LogP contribution in [0.3, 0.4) is 0 Å². The van der Waals surface area contributed by atoms with E-state index in [1.165, 1.54) is 16.7 Å². The van der Waals surface area contributed by atoms with Crippen LogP contribution in [-0.4, -0.2) is 14.8 Å². The van der Waals surface area contributed by atoms with Gasteiger partial charge in [-0.2, -0.15) is 5.10 Å². The lowest BCUT2D eigenvalue weighted by atomic mass is 10.2. The fraction of sp³-hybridized carbons (Fsp3) is 0.273. The normalized spacial score (nSPS) is 12.6. The van der Waals surface area contributed by atoms with Gasteiger partial charge in [0.05, 0.1) is 11.7 Å². The standard InChI is InChI=1S/C11H13FN4O/c1-2-8(13)10-14-15-11(17)16(10)9-6-4-3-5-7(9)12/h3-6,8H,2,13H2,1H3,(H,15,17). The molecule has 0 aliphatic rings. The maximum absolute atomic E-state index is 13.6. The van der Waals surface area contributed by atoms with Gasteiger partial charge < -0.3 is 5.73 Å². The molecular formula is C11H13FN4O. The second kappa shape index (κ2) is 4.50. The van der Waals surface area contributed by atoms with Crippen molar-refractivity contribution in [3.63, 3.8) is 0 Å². The molecule has 1 aromatic heterocycles. The topological polar surface area (TPSA) is 76.7 Å². The highest BCUT2D eigenvalue weighted by Gasteiger charge is 2.17. The molecule has 2 rings (SSSR count). The number of hydrogen-bond donors (Lipinski definition) is 2. The minimum atomic E-state index is -0.492. The Bertz CT molecular complexity index is 575. The molecule has 0 aliphatic heterocycles. The molecule has 0 spiro atoms. The Labute approximate surface area is 97.1 Å². The van der Waals surface area contributed by atoms with Crippen LogP contribution in [0.2, 0.25) is 0 Å². The zero-order chi connectivity index (χ0) is 12.4. The number of benzene rings is 1. The van der Waals surface area contributed by atoms with Gasteiger partial charge in [0.2, 0.25) is 0 Å². The Morgan fingerprint density at radius 1 is 1.53 bits per heavy atom. The summed E-state index contributed by atoms with van der Waals surface area (Å²) < 4.78 is 14.8. The van der Waals surface area contributed by atoms with E-state index >= 15 is 0 Å². The fourth-order valence-corrected chi connectivity index (χ4v) is 1.61. The van der Waals surface area contributed by atoms with E-state index in [4.69, 9.17) is 5.73 Å². The molecule has 1 aromatic carbocycles. The van der Waals surface area contributed by atoms with E-state index in [0.717, 1.165) is 0 Å². The van der Waals surface area contributed by atoms with Gasteiger partial charge in [-0.3, -0.25) is 0 Å². The van der Waals surface area contributed by atoms with Gasteiger partial charge in [0.1, 0.15) is 5.82 Å². The minimum absolute atomic E-state index is 0.158. The molecule has 1 unspecified atom stereocenters. The van der Waals surface area contributed by atoms with Gasteiger partial charge in [-0.15, -0.1) is 0 Å². The largest absolute Gasteiger partial charge is 0.348 e. The van der Waals surface area contributed by atoms with Crippen molar-refractivity contribution in [2.75, 3.05) is 0 Å². The first-order chi connectivity index (χ1) is 8.15. The van der Waals surface area contributed by atoms with Crippen molar-refractivity contribution in [3.8, 4) is 5.69 Å². The van der Waals surface area contributed by atoms with Crippen molar-refractivity contribution < 1.29 is 4.39 Å². The highest BCUT2D eigenvalue weighted by atomic mass is 19.1. The summed E-state index contributed by atoms with van der Waals surface area (Å²) in [5, 5.41) is 6.13. The summed E-state index contributed by atoms with van der Waals surface area (Å²) in [6.45, 7) is 1.87. The van der Waals surface area contributed by atoms with Gasteiger partial charge >= 0.3 is 5.69 Å². The number of aromatic amines is 1. The van der Waals surface area contributed by atoms with Gasteiger partial charge in [0.15, 0.2) is 5.82 Å². The van der Waals surface area contributed by atoms with Crippen LogP contribution < -0.4 is 11.4 Å². The van der Waals surface area contributed by atoms with E-state index in [2.05, 4.69) is 10.2 Å². The lowest BCUT2D eigenvalue weighted by Gasteiger charge is -2.10. The van der Waals surface area contributed by atoms with Gasteiger partial charge in [-0.25, -0.2) is 18.9 Å². The maximum atomic E-state index is 13.6. The Hall–Kier alpha value is -1.95. The van der Waals surface area contributed by atoms with Crippen LogP contribution in [0, 0.1) is 5.82 Å². The molecule has 0 amide bonds. The van der Waals surface area contributed by atoms with E-state index in [0.29, 0.717) is 12.2 Å². The van der Waals surface area contributed by atoms with Crippen LogP contribution in [0.1, 0.15) is 25.2 Å². The third-order valence-electron chi connectivity index (χ3n) is 2.56. The van der Waals surface area contributed by atoms with Gasteiger partial charge in [0.25, 0.3) is 0 Å². The van der Waals surface area contributed by atoms with Crippen LogP contribution in [0.25, 0.3) is 5.69 Å². The summed E-state index contributed by atoms with van der Waals surface area (Å²) in [4.78, 5) is 11.6. The number of hydrogen-bond acceptors (Lipinski definition) is 3. The number of nitrogens with one attached hydrogen (secondary N) is 1. The first-order valence-corrected chi connectivity index (χ1v) is 5.33. The summed E-state index contributed by atoms with van der Waals surface area (Å²) >= 11 is 0. The van der Waals surface area contributed by atoms with Crippen molar-refractivity contribution in [1.82, 2.24) is 14.8 Å². The SMILES string of the molecule is CCC(N)c1n[nH]c(=O)n1-c1ccccc1F. The molecule has 0 aliphatic carbocycles. The van der Waals surface area contributed by atoms with Crippen LogP contribution in [0.15, 0.2) is 29.1 Å². The number of nitrogens with two attached hydrogens (primary N) is 1. The third-order valence-corrected chi connectivity index (χ3v) is 2.56. The molecule has 0 saturated heterocycles. The first kappa shape index (κ1) is 11.5. The predicted molar refractivity (Wildman–Crippen MR) is 61.4 cm³/mol. The molecule has 3 N–H and O–H groups in total. The number of aromatic nitrogens is 3. The minimum Gasteiger partial charge on any atom is -0.321 e. The van der Waals surface area contributed by atoms with Crippen LogP contribution in [0.4, 0.5) is 4.39 Å². The Morgan fingerprint density at radius 2 is 2.24 bits per heavy atom. The molecule has 2 aromatic rings. The van der Waals surface area contributed by atoms with Gasteiger partial charge in [-0.1, -0.05) is 19.1 Å². The first-order valence-electron chi connectivity index (χ1n) is 5.33. The van der Waals surface area contributed by atoms with Crippen molar-refractivity contribution >= 4 is 0 Å². The number of nitrogens with zero attached hydrogens (tertiary/aromatic N) is 2. The van der Waals surface area contributed by atoms with E-state index < -0.39 is 17.5 Å². The van der Waals surface area contributed by atoms with E-state index in [-0.39, 0.29) is 5.69 Å². The molecule has 17 heavy (non-hydrogen) atoms. The van der Waals surface area contributed by atoms with Gasteiger partial charge in [-0.05, 0) is 18.6 Å². The lowest BCUT2D eigenvalue weighted by Crippen LogP contribution is -2.22. The summed E-state index contributed by atoms with van der Waals surface area (Å²) in [6.07, 6.45) is 0.610. The molecule has 1 atom stereocenters. The summed E-state index contributed by atoms with van der Waals surface area (Å²) in [5.41, 5.74) is 5.50. The van der Waals surface area contributed by atoms with Crippen molar-refractivity contribution in [3.05, 3.63) is 46.4 Å². The number of para-hydroxylation sites is 1. The lowest BCUT2D eigenvalue weighted by molar-refractivity contribution is 0.595. The average Bonchev–Trinajstić information content (AvgIpc) is 2.71. The Morgan fingerprint density at radius 3 is 2.88 bits per heavy atom. The molecule has 0 saturated carbocycles. The van der Waals surface area contributed by atoms with Crippen LogP contribution >= 0.6 is 0 Å². The van der Waals surface area contributed by atoms with E-state index in [9.17, 15) is 9.18 Å². The zero-order valence-electron chi connectivity index (χ0n) is 9.35. The summed E-state index contributed by atoms with van der Waals surface area (Å²) in [6, 6.07) is 5.60. The molecule has 1 heterocycles. The molecule has 0 bridgehead atoms. The van der Waals surface area contributed by atoms with Crippen molar-refractivity contribution in [2.24, 2.45) is 5.73 Å². The van der Waals surface area contributed by atoms with Gasteiger partial charge in [0, 0.05) is 0 Å². The second-order valence-electron chi connectivity index (χ2n) is 3.69. The highest BCUT2D eigenvalue weighted by Crippen LogP contribution is 2.16. The molecule has 6 heteroatoms. The number of H-pyrrole nitrogens is 1. The molecular weight excluding hydrogens is 223 g/mol. The maximum Gasteiger partial charge on any atom is 0.348 e. The monoisotopic (exact) mass is 236 g/mol. The quantitative estimate of drug-likeness (QED) is 0.838. The molecule has 5 nitrogen and oxygen atoms in total. The van der Waals surface area contributed by atoms with E-state index in [1.807, 2.05) is 6.92 Å². The van der Waals surface area contributed by atoms with Crippen LogP contribution in [0.5, 0.6) is 0 Å². The smallest absolute Gasteiger partial charge is 0.321 e. The number of halogens is 1. The molecule has 0 radical (unpaired) electrons. The second-order valence-corrected chi connectivity index (χ2v) is 3.69. The summed E-state index contributed by atoms with van der Waals surface area (Å²) in [5.74, 6) is -0.150.